The molecule has 0 bridgehead atoms. The quantitative estimate of drug-likeness (QED) is 0.704. The van der Waals surface area contributed by atoms with E-state index < -0.39 is 0 Å². The van der Waals surface area contributed by atoms with Gasteiger partial charge < -0.3 is 15.4 Å². The van der Waals surface area contributed by atoms with Crippen LogP contribution in [0.2, 0.25) is 0 Å². The van der Waals surface area contributed by atoms with E-state index in [1.54, 1.807) is 0 Å². The van der Waals surface area contributed by atoms with E-state index in [4.69, 9.17) is 4.74 Å². The molecule has 0 aliphatic rings. The van der Waals surface area contributed by atoms with Crippen molar-refractivity contribution in [3.63, 3.8) is 0 Å². The Morgan fingerprint density at radius 3 is 2.36 bits per heavy atom. The summed E-state index contributed by atoms with van der Waals surface area (Å²) in [5, 5.41) is 6.23. The molecule has 78 valence electrons. The monoisotopic (exact) mass is 194 g/mol. The van der Waals surface area contributed by atoms with Crippen LogP contribution in [0.5, 0.6) is 5.75 Å². The Morgan fingerprint density at radius 2 is 1.86 bits per heavy atom. The normalized spacial score (nSPS) is 10.3. The molecule has 2 N–H and O–H groups in total. The van der Waals surface area contributed by atoms with E-state index >= 15 is 0 Å². The van der Waals surface area contributed by atoms with Gasteiger partial charge in [0, 0.05) is 5.69 Å². The standard InChI is InChI=1S/C11H18N2O/c1-9(2)14-11-6-4-10(5-7-11)13-8-12-3/h4-7,9,12-13H,8H2,1-3H3. The first-order chi connectivity index (χ1) is 6.72. The Labute approximate surface area is 85.5 Å². The highest BCUT2D eigenvalue weighted by atomic mass is 16.5. The van der Waals surface area contributed by atoms with Crippen molar-refractivity contribution < 1.29 is 4.74 Å². The number of nitrogens with one attached hydrogen (secondary N) is 2. The number of rotatable bonds is 5. The van der Waals surface area contributed by atoms with Crippen LogP contribution >= 0.6 is 0 Å². The summed E-state index contributed by atoms with van der Waals surface area (Å²) in [5.74, 6) is 0.912. The molecule has 14 heavy (non-hydrogen) atoms. The smallest absolute Gasteiger partial charge is 0.119 e. The summed E-state index contributed by atoms with van der Waals surface area (Å²) in [4.78, 5) is 0. The molecule has 0 heterocycles. The number of hydrogen-bond donors (Lipinski definition) is 2. The second-order valence-electron chi connectivity index (χ2n) is 3.40. The second-order valence-corrected chi connectivity index (χ2v) is 3.40. The fraction of sp³-hybridized carbons (Fsp3) is 0.455. The molecule has 0 saturated heterocycles. The third-order valence-corrected chi connectivity index (χ3v) is 1.70. The van der Waals surface area contributed by atoms with E-state index in [1.165, 1.54) is 0 Å². The zero-order valence-corrected chi connectivity index (χ0v) is 9.00. The molecule has 1 rings (SSSR count). The summed E-state index contributed by atoms with van der Waals surface area (Å²) in [7, 11) is 1.91. The van der Waals surface area contributed by atoms with Gasteiger partial charge in [0.2, 0.25) is 0 Å². The van der Waals surface area contributed by atoms with Crippen molar-refractivity contribution in [2.75, 3.05) is 19.0 Å². The van der Waals surface area contributed by atoms with E-state index in [0.29, 0.717) is 0 Å². The summed E-state index contributed by atoms with van der Waals surface area (Å²) < 4.78 is 5.53. The molecule has 0 amide bonds. The van der Waals surface area contributed by atoms with Gasteiger partial charge in [0.25, 0.3) is 0 Å². The lowest BCUT2D eigenvalue weighted by molar-refractivity contribution is 0.242. The highest BCUT2D eigenvalue weighted by Crippen LogP contribution is 2.16. The fourth-order valence-electron chi connectivity index (χ4n) is 1.11. The van der Waals surface area contributed by atoms with Crippen molar-refractivity contribution in [2.45, 2.75) is 20.0 Å². The first kappa shape index (κ1) is 10.9. The van der Waals surface area contributed by atoms with Gasteiger partial charge >= 0.3 is 0 Å². The number of hydrogen-bond acceptors (Lipinski definition) is 3. The largest absolute Gasteiger partial charge is 0.491 e. The Hall–Kier alpha value is -1.22. The minimum atomic E-state index is 0.228. The summed E-state index contributed by atoms with van der Waals surface area (Å²) in [6, 6.07) is 7.96. The SMILES string of the molecule is CNCNc1ccc(OC(C)C)cc1. The van der Waals surface area contributed by atoms with Crippen LogP contribution in [-0.2, 0) is 0 Å². The van der Waals surface area contributed by atoms with Crippen LogP contribution < -0.4 is 15.4 Å². The molecule has 0 aliphatic heterocycles. The third kappa shape index (κ3) is 3.66. The molecule has 0 saturated carbocycles. The lowest BCUT2D eigenvalue weighted by atomic mass is 10.3. The summed E-state index contributed by atoms with van der Waals surface area (Å²) in [5.41, 5.74) is 1.09. The number of benzene rings is 1. The van der Waals surface area contributed by atoms with Crippen molar-refractivity contribution in [2.24, 2.45) is 0 Å². The topological polar surface area (TPSA) is 33.3 Å². The van der Waals surface area contributed by atoms with E-state index in [0.717, 1.165) is 18.1 Å². The zero-order chi connectivity index (χ0) is 10.4. The lowest BCUT2D eigenvalue weighted by Crippen LogP contribution is -2.16. The third-order valence-electron chi connectivity index (χ3n) is 1.70. The van der Waals surface area contributed by atoms with E-state index in [9.17, 15) is 0 Å². The summed E-state index contributed by atoms with van der Waals surface area (Å²) in [6.45, 7) is 4.81. The van der Waals surface area contributed by atoms with Crippen molar-refractivity contribution in [1.29, 1.82) is 0 Å². The first-order valence-corrected chi connectivity index (χ1v) is 4.87. The van der Waals surface area contributed by atoms with Gasteiger partial charge in [-0.15, -0.1) is 0 Å². The molecule has 0 aliphatic carbocycles. The predicted molar refractivity (Wildman–Crippen MR) is 59.8 cm³/mol. The Kier molecular flexibility index (Phi) is 4.26. The summed E-state index contributed by atoms with van der Waals surface area (Å²) >= 11 is 0. The zero-order valence-electron chi connectivity index (χ0n) is 9.00. The van der Waals surface area contributed by atoms with Gasteiger partial charge in [-0.3, -0.25) is 0 Å². The number of ether oxygens (including phenoxy) is 1. The van der Waals surface area contributed by atoms with Gasteiger partial charge in [-0.05, 0) is 45.2 Å². The predicted octanol–water partition coefficient (Wildman–Crippen LogP) is 2.06. The van der Waals surface area contributed by atoms with Gasteiger partial charge in [0.15, 0.2) is 0 Å². The van der Waals surface area contributed by atoms with Crippen molar-refractivity contribution in [3.05, 3.63) is 24.3 Å². The van der Waals surface area contributed by atoms with Crippen molar-refractivity contribution in [3.8, 4) is 5.75 Å². The molecule has 1 aromatic carbocycles. The average Bonchev–Trinajstić information content (AvgIpc) is 2.16. The van der Waals surface area contributed by atoms with Crippen LogP contribution in [0.1, 0.15) is 13.8 Å². The van der Waals surface area contributed by atoms with E-state index in [1.807, 2.05) is 45.2 Å². The first-order valence-electron chi connectivity index (χ1n) is 4.87. The molecule has 0 unspecified atom stereocenters. The van der Waals surface area contributed by atoms with Crippen LogP contribution in [0.15, 0.2) is 24.3 Å². The Bertz CT molecular complexity index is 256. The highest BCUT2D eigenvalue weighted by Gasteiger charge is 1.96. The van der Waals surface area contributed by atoms with Gasteiger partial charge in [-0.25, -0.2) is 0 Å². The maximum Gasteiger partial charge on any atom is 0.119 e. The Morgan fingerprint density at radius 1 is 1.21 bits per heavy atom. The minimum Gasteiger partial charge on any atom is -0.491 e. The molecule has 3 nitrogen and oxygen atoms in total. The molecule has 0 aromatic heterocycles. The molecule has 3 heteroatoms. The van der Waals surface area contributed by atoms with Gasteiger partial charge in [0.1, 0.15) is 5.75 Å². The molecular formula is C11H18N2O. The molecular weight excluding hydrogens is 176 g/mol. The van der Waals surface area contributed by atoms with Crippen LogP contribution in [0, 0.1) is 0 Å². The lowest BCUT2D eigenvalue weighted by Gasteiger charge is -2.10. The highest BCUT2D eigenvalue weighted by molar-refractivity contribution is 5.46. The Balaban J connectivity index is 2.50. The summed E-state index contributed by atoms with van der Waals surface area (Å²) in [6.07, 6.45) is 0.228. The maximum absolute atomic E-state index is 5.53. The molecule has 0 atom stereocenters. The van der Waals surface area contributed by atoms with E-state index in [2.05, 4.69) is 10.6 Å². The van der Waals surface area contributed by atoms with Crippen LogP contribution in [0.25, 0.3) is 0 Å². The maximum atomic E-state index is 5.53. The average molecular weight is 194 g/mol. The second kappa shape index (κ2) is 5.50. The van der Waals surface area contributed by atoms with Gasteiger partial charge in [-0.2, -0.15) is 0 Å². The molecule has 0 fully saturated rings. The molecule has 0 spiro atoms. The molecule has 1 aromatic rings. The van der Waals surface area contributed by atoms with Crippen molar-refractivity contribution in [1.82, 2.24) is 5.32 Å². The van der Waals surface area contributed by atoms with Gasteiger partial charge in [-0.1, -0.05) is 0 Å². The fourth-order valence-corrected chi connectivity index (χ4v) is 1.11. The van der Waals surface area contributed by atoms with Gasteiger partial charge in [0.05, 0.1) is 12.8 Å². The van der Waals surface area contributed by atoms with Crippen LogP contribution in [-0.4, -0.2) is 19.8 Å². The van der Waals surface area contributed by atoms with Crippen molar-refractivity contribution >= 4 is 5.69 Å². The number of anilines is 1. The van der Waals surface area contributed by atoms with E-state index in [-0.39, 0.29) is 6.10 Å². The van der Waals surface area contributed by atoms with Crippen LogP contribution in [0.3, 0.4) is 0 Å². The minimum absolute atomic E-state index is 0.228. The van der Waals surface area contributed by atoms with Crippen LogP contribution in [0.4, 0.5) is 5.69 Å². The molecule has 0 radical (unpaired) electrons.